The van der Waals surface area contributed by atoms with Gasteiger partial charge in [-0.25, -0.2) is 10.2 Å². The van der Waals surface area contributed by atoms with Crippen molar-refractivity contribution in [1.82, 2.24) is 10.7 Å². The number of methoxy groups -OCH3 is 1. The lowest BCUT2D eigenvalue weighted by Crippen LogP contribution is -2.37. The second-order valence-corrected chi connectivity index (χ2v) is 6.95. The zero-order valence-electron chi connectivity index (χ0n) is 18.2. The summed E-state index contributed by atoms with van der Waals surface area (Å²) in [6, 6.07) is 22.5. The van der Waals surface area contributed by atoms with Gasteiger partial charge >= 0.3 is 17.8 Å². The number of hydrogen-bond donors (Lipinski definition) is 2. The Kier molecular flexibility index (Phi) is 7.91. The monoisotopic (exact) mass is 445 g/mol. The molecule has 33 heavy (non-hydrogen) atoms. The quantitative estimate of drug-likeness (QED) is 0.191. The number of amides is 2. The Morgan fingerprint density at radius 3 is 2.24 bits per heavy atom. The maximum absolute atomic E-state index is 12.3. The molecule has 3 aromatic carbocycles. The number of nitrogens with one attached hydrogen (secondary N) is 2. The molecule has 3 aromatic rings. The zero-order chi connectivity index (χ0) is 23.6. The minimum Gasteiger partial charge on any atom is -0.497 e. The van der Waals surface area contributed by atoms with Gasteiger partial charge in [0.15, 0.2) is 0 Å². The summed E-state index contributed by atoms with van der Waals surface area (Å²) in [6.45, 7) is 1.92. The summed E-state index contributed by atoms with van der Waals surface area (Å²) < 4.78 is 10.5. The largest absolute Gasteiger partial charge is 0.497 e. The van der Waals surface area contributed by atoms with Crippen LogP contribution in [0.25, 0.3) is 0 Å². The summed E-state index contributed by atoms with van der Waals surface area (Å²) in [6.07, 6.45) is 0. The van der Waals surface area contributed by atoms with Gasteiger partial charge in [-0.15, -0.1) is 0 Å². The van der Waals surface area contributed by atoms with E-state index in [1.54, 1.807) is 55.5 Å². The Bertz CT molecular complexity index is 1160. The van der Waals surface area contributed by atoms with Crippen molar-refractivity contribution in [3.63, 3.8) is 0 Å². The van der Waals surface area contributed by atoms with Gasteiger partial charge in [-0.1, -0.05) is 36.4 Å². The second kappa shape index (κ2) is 11.2. The minimum absolute atomic E-state index is 0.242. The van der Waals surface area contributed by atoms with Gasteiger partial charge in [-0.3, -0.25) is 9.59 Å². The van der Waals surface area contributed by atoms with Crippen LogP contribution in [-0.2, 0) is 16.1 Å². The van der Waals surface area contributed by atoms with E-state index in [4.69, 9.17) is 9.47 Å². The lowest BCUT2D eigenvalue weighted by molar-refractivity contribution is -0.139. The number of hydrazone groups is 1. The summed E-state index contributed by atoms with van der Waals surface area (Å²) in [5.74, 6) is -1.25. The Hall–Kier alpha value is -4.46. The number of carbonyl (C=O) groups is 3. The maximum atomic E-state index is 12.3. The molecule has 2 N–H and O–H groups in total. The Balaban J connectivity index is 1.53. The van der Waals surface area contributed by atoms with Gasteiger partial charge < -0.3 is 14.8 Å². The van der Waals surface area contributed by atoms with Crippen LogP contribution in [0.2, 0.25) is 0 Å². The van der Waals surface area contributed by atoms with Crippen molar-refractivity contribution in [3.8, 4) is 11.5 Å². The van der Waals surface area contributed by atoms with Crippen molar-refractivity contribution in [1.29, 1.82) is 0 Å². The van der Waals surface area contributed by atoms with Gasteiger partial charge in [-0.05, 0) is 60.5 Å². The molecule has 0 unspecified atom stereocenters. The van der Waals surface area contributed by atoms with E-state index < -0.39 is 17.8 Å². The number of nitrogens with zero attached hydrogens (tertiary/aromatic N) is 1. The van der Waals surface area contributed by atoms with Crippen molar-refractivity contribution >= 4 is 23.5 Å². The van der Waals surface area contributed by atoms with Crippen LogP contribution in [0.3, 0.4) is 0 Å². The first kappa shape index (κ1) is 23.2. The summed E-state index contributed by atoms with van der Waals surface area (Å²) >= 11 is 0. The van der Waals surface area contributed by atoms with Gasteiger partial charge in [0, 0.05) is 6.54 Å². The first-order valence-electron chi connectivity index (χ1n) is 10.1. The standard InChI is InChI=1S/C25H23N3O5/c1-17(27-28-24(30)23(29)26-16-18-7-4-3-5-8-18)19-11-13-21(14-12-19)33-25(31)20-9-6-10-22(15-20)32-2/h3-15H,16H2,1-2H3,(H,26,29)(H,28,30)/b27-17+. The summed E-state index contributed by atoms with van der Waals surface area (Å²) in [7, 11) is 1.52. The van der Waals surface area contributed by atoms with E-state index in [-0.39, 0.29) is 6.54 Å². The van der Waals surface area contributed by atoms with Gasteiger partial charge in [0.25, 0.3) is 0 Å². The van der Waals surface area contributed by atoms with Crippen molar-refractivity contribution in [3.05, 3.63) is 95.6 Å². The molecule has 0 saturated carbocycles. The predicted octanol–water partition coefficient (Wildman–Crippen LogP) is 3.07. The summed E-state index contributed by atoms with van der Waals surface area (Å²) in [4.78, 5) is 36.2. The molecule has 0 bridgehead atoms. The zero-order valence-corrected chi connectivity index (χ0v) is 18.2. The van der Waals surface area contributed by atoms with Crippen molar-refractivity contribution < 1.29 is 23.9 Å². The van der Waals surface area contributed by atoms with Crippen molar-refractivity contribution in [2.75, 3.05) is 7.11 Å². The fraction of sp³-hybridized carbons (Fsp3) is 0.120. The molecule has 8 nitrogen and oxygen atoms in total. The van der Waals surface area contributed by atoms with Crippen LogP contribution in [0.4, 0.5) is 0 Å². The van der Waals surface area contributed by atoms with E-state index in [0.717, 1.165) is 5.56 Å². The molecule has 0 aliphatic carbocycles. The highest BCUT2D eigenvalue weighted by Gasteiger charge is 2.13. The summed E-state index contributed by atoms with van der Waals surface area (Å²) in [5, 5.41) is 6.49. The molecule has 168 valence electrons. The predicted molar refractivity (Wildman–Crippen MR) is 123 cm³/mol. The van der Waals surface area contributed by atoms with Crippen LogP contribution in [0, 0.1) is 0 Å². The molecule has 8 heteroatoms. The molecule has 0 spiro atoms. The lowest BCUT2D eigenvalue weighted by Gasteiger charge is -2.07. The number of benzene rings is 3. The topological polar surface area (TPSA) is 106 Å². The van der Waals surface area contributed by atoms with Crippen LogP contribution in [-0.4, -0.2) is 30.6 Å². The summed E-state index contributed by atoms with van der Waals surface area (Å²) in [5.41, 5.74) is 4.64. The number of carbonyl (C=O) groups excluding carboxylic acids is 3. The van der Waals surface area contributed by atoms with E-state index in [0.29, 0.717) is 28.3 Å². The lowest BCUT2D eigenvalue weighted by atomic mass is 10.1. The molecular formula is C25H23N3O5. The van der Waals surface area contributed by atoms with Gasteiger partial charge in [0.2, 0.25) is 0 Å². The van der Waals surface area contributed by atoms with Crippen LogP contribution in [0.5, 0.6) is 11.5 Å². The Morgan fingerprint density at radius 1 is 0.818 bits per heavy atom. The molecule has 0 aliphatic rings. The third-order valence-electron chi connectivity index (χ3n) is 4.62. The van der Waals surface area contributed by atoms with Crippen LogP contribution in [0.1, 0.15) is 28.4 Å². The van der Waals surface area contributed by atoms with Crippen LogP contribution < -0.4 is 20.2 Å². The molecule has 2 amide bonds. The van der Waals surface area contributed by atoms with Gasteiger partial charge in [0.1, 0.15) is 11.5 Å². The normalized spacial score (nSPS) is 10.8. The fourth-order valence-electron chi connectivity index (χ4n) is 2.79. The molecule has 0 aliphatic heterocycles. The number of rotatable bonds is 7. The fourth-order valence-corrected chi connectivity index (χ4v) is 2.79. The van der Waals surface area contributed by atoms with E-state index in [1.165, 1.54) is 7.11 Å². The highest BCUT2D eigenvalue weighted by molar-refractivity contribution is 6.35. The van der Waals surface area contributed by atoms with E-state index in [1.807, 2.05) is 30.3 Å². The van der Waals surface area contributed by atoms with E-state index >= 15 is 0 Å². The van der Waals surface area contributed by atoms with E-state index in [2.05, 4.69) is 15.8 Å². The Morgan fingerprint density at radius 2 is 1.55 bits per heavy atom. The number of hydrogen-bond acceptors (Lipinski definition) is 6. The smallest absolute Gasteiger partial charge is 0.343 e. The van der Waals surface area contributed by atoms with Crippen molar-refractivity contribution in [2.45, 2.75) is 13.5 Å². The molecule has 0 heterocycles. The molecule has 0 atom stereocenters. The molecule has 0 saturated heterocycles. The first-order valence-corrected chi connectivity index (χ1v) is 10.1. The number of esters is 1. The highest BCUT2D eigenvalue weighted by atomic mass is 16.5. The molecule has 0 radical (unpaired) electrons. The first-order chi connectivity index (χ1) is 16.0. The average Bonchev–Trinajstić information content (AvgIpc) is 2.86. The maximum Gasteiger partial charge on any atom is 0.343 e. The van der Waals surface area contributed by atoms with Crippen LogP contribution >= 0.6 is 0 Å². The average molecular weight is 445 g/mol. The van der Waals surface area contributed by atoms with Gasteiger partial charge in [-0.2, -0.15) is 5.10 Å². The number of ether oxygens (including phenoxy) is 2. The van der Waals surface area contributed by atoms with Gasteiger partial charge in [0.05, 0.1) is 18.4 Å². The Labute approximate surface area is 191 Å². The van der Waals surface area contributed by atoms with Crippen molar-refractivity contribution in [2.24, 2.45) is 5.10 Å². The molecule has 0 fully saturated rings. The van der Waals surface area contributed by atoms with E-state index in [9.17, 15) is 14.4 Å². The third-order valence-corrected chi connectivity index (χ3v) is 4.62. The third kappa shape index (κ3) is 6.76. The molecule has 3 rings (SSSR count). The molecule has 0 aromatic heterocycles. The molecular weight excluding hydrogens is 422 g/mol. The second-order valence-electron chi connectivity index (χ2n) is 6.95. The van der Waals surface area contributed by atoms with Crippen LogP contribution in [0.15, 0.2) is 84.0 Å². The minimum atomic E-state index is -0.867. The SMILES string of the molecule is COc1cccc(C(=O)Oc2ccc(/C(C)=N/NC(=O)C(=O)NCc3ccccc3)cc2)c1. The highest BCUT2D eigenvalue weighted by Crippen LogP contribution is 2.17.